The number of hydrogen-bond donors (Lipinski definition) is 1. The maximum absolute atomic E-state index is 11.8. The van der Waals surface area contributed by atoms with Gasteiger partial charge < -0.3 is 4.89 Å². The molecule has 5 nitrogen and oxygen atoms in total. The molecule has 1 rings (SSSR count). The molecule has 0 saturated heterocycles. The van der Waals surface area contributed by atoms with Crippen LogP contribution in [-0.2, 0) is 18.9 Å². The molecule has 0 spiro atoms. The van der Waals surface area contributed by atoms with Gasteiger partial charge in [0.15, 0.2) is 0 Å². The SMILES string of the molecule is CCP(=O)(O)COS(=O)(=O)c1ccccc1C. The second kappa shape index (κ2) is 5.31. The van der Waals surface area contributed by atoms with E-state index in [9.17, 15) is 17.9 Å². The molecule has 0 radical (unpaired) electrons. The lowest BCUT2D eigenvalue weighted by Crippen LogP contribution is -2.10. The highest BCUT2D eigenvalue weighted by Gasteiger charge is 2.23. The average molecular weight is 278 g/mol. The van der Waals surface area contributed by atoms with Crippen molar-refractivity contribution in [3.05, 3.63) is 29.8 Å². The smallest absolute Gasteiger partial charge is 0.297 e. The van der Waals surface area contributed by atoms with Gasteiger partial charge in [0.1, 0.15) is 6.35 Å². The summed E-state index contributed by atoms with van der Waals surface area (Å²) in [5.74, 6) is 0. The first-order chi connectivity index (χ1) is 7.78. The zero-order valence-electron chi connectivity index (χ0n) is 9.66. The van der Waals surface area contributed by atoms with Crippen LogP contribution in [0.15, 0.2) is 29.2 Å². The topological polar surface area (TPSA) is 80.7 Å². The van der Waals surface area contributed by atoms with Crippen LogP contribution in [0.3, 0.4) is 0 Å². The van der Waals surface area contributed by atoms with Crippen molar-refractivity contribution in [3.8, 4) is 0 Å². The van der Waals surface area contributed by atoms with Crippen LogP contribution in [0.1, 0.15) is 12.5 Å². The van der Waals surface area contributed by atoms with E-state index in [1.165, 1.54) is 13.0 Å². The van der Waals surface area contributed by atoms with E-state index >= 15 is 0 Å². The summed E-state index contributed by atoms with van der Waals surface area (Å²) in [5.41, 5.74) is 0.539. The lowest BCUT2D eigenvalue weighted by molar-refractivity contribution is 0.346. The van der Waals surface area contributed by atoms with E-state index in [1.807, 2.05) is 0 Å². The van der Waals surface area contributed by atoms with Crippen molar-refractivity contribution >= 4 is 17.5 Å². The van der Waals surface area contributed by atoms with Crippen LogP contribution in [0, 0.1) is 6.92 Å². The molecule has 0 aliphatic heterocycles. The van der Waals surface area contributed by atoms with Crippen LogP contribution in [0.25, 0.3) is 0 Å². The molecule has 96 valence electrons. The molecule has 1 unspecified atom stereocenters. The van der Waals surface area contributed by atoms with Gasteiger partial charge in [-0.1, -0.05) is 25.1 Å². The minimum absolute atomic E-state index is 0.0176. The summed E-state index contributed by atoms with van der Waals surface area (Å²) in [5, 5.41) is 0. The summed E-state index contributed by atoms with van der Waals surface area (Å²) >= 11 is 0. The molecule has 7 heteroatoms. The molecular formula is C10H15O5PS. The van der Waals surface area contributed by atoms with Crippen LogP contribution in [0.5, 0.6) is 0 Å². The van der Waals surface area contributed by atoms with Crippen LogP contribution in [0.4, 0.5) is 0 Å². The predicted molar refractivity (Wildman–Crippen MR) is 64.7 cm³/mol. The van der Waals surface area contributed by atoms with Gasteiger partial charge in [-0.05, 0) is 18.6 Å². The minimum atomic E-state index is -3.97. The standard InChI is InChI=1S/C10H15O5PS/c1-3-16(11,12)8-15-17(13,14)10-7-5-4-6-9(10)2/h4-7H,3,8H2,1-2H3,(H,11,12). The van der Waals surface area contributed by atoms with Gasteiger partial charge in [-0.3, -0.25) is 8.75 Å². The van der Waals surface area contributed by atoms with Crippen molar-refractivity contribution in [1.29, 1.82) is 0 Å². The van der Waals surface area contributed by atoms with Crippen LogP contribution >= 0.6 is 7.37 Å². The van der Waals surface area contributed by atoms with E-state index in [4.69, 9.17) is 0 Å². The summed E-state index contributed by atoms with van der Waals surface area (Å²) < 4.78 is 39.4. The molecule has 1 aromatic rings. The molecule has 0 aliphatic carbocycles. The molecule has 0 bridgehead atoms. The van der Waals surface area contributed by atoms with Gasteiger partial charge >= 0.3 is 0 Å². The van der Waals surface area contributed by atoms with Crippen molar-refractivity contribution in [2.75, 3.05) is 12.5 Å². The van der Waals surface area contributed by atoms with E-state index in [-0.39, 0.29) is 11.1 Å². The Bertz CT molecular complexity index is 537. The highest BCUT2D eigenvalue weighted by molar-refractivity contribution is 7.87. The Kier molecular flexibility index (Phi) is 4.49. The Morgan fingerprint density at radius 3 is 2.47 bits per heavy atom. The largest absolute Gasteiger partial charge is 0.343 e. The molecule has 17 heavy (non-hydrogen) atoms. The normalized spacial score (nSPS) is 15.5. The summed E-state index contributed by atoms with van der Waals surface area (Å²) in [6, 6.07) is 6.31. The lowest BCUT2D eigenvalue weighted by atomic mass is 10.2. The first-order valence-corrected chi connectivity index (χ1v) is 8.48. The zero-order chi connectivity index (χ0) is 13.1. The van der Waals surface area contributed by atoms with Gasteiger partial charge in [-0.25, -0.2) is 0 Å². The molecule has 0 aliphatic rings. The Labute approximate surface area is 101 Å². The van der Waals surface area contributed by atoms with Crippen molar-refractivity contribution in [2.45, 2.75) is 18.7 Å². The molecule has 1 atom stereocenters. The zero-order valence-corrected chi connectivity index (χ0v) is 11.4. The van der Waals surface area contributed by atoms with Gasteiger partial charge in [0, 0.05) is 6.16 Å². The fourth-order valence-corrected chi connectivity index (χ4v) is 3.37. The van der Waals surface area contributed by atoms with Crippen molar-refractivity contribution in [1.82, 2.24) is 0 Å². The van der Waals surface area contributed by atoms with Crippen LogP contribution in [-0.4, -0.2) is 25.8 Å². The quantitative estimate of drug-likeness (QED) is 0.657. The third-order valence-corrected chi connectivity index (χ3v) is 5.39. The van der Waals surface area contributed by atoms with Gasteiger partial charge in [0.05, 0.1) is 4.90 Å². The number of rotatable bonds is 5. The molecule has 0 aromatic heterocycles. The molecule has 0 fully saturated rings. The van der Waals surface area contributed by atoms with Crippen molar-refractivity contribution in [2.24, 2.45) is 0 Å². The predicted octanol–water partition coefficient (Wildman–Crippen LogP) is 1.95. The fourth-order valence-electron chi connectivity index (χ4n) is 1.14. The summed E-state index contributed by atoms with van der Waals surface area (Å²) in [4.78, 5) is 9.29. The Morgan fingerprint density at radius 2 is 1.94 bits per heavy atom. The first-order valence-electron chi connectivity index (χ1n) is 5.04. The Balaban J connectivity index is 2.91. The molecule has 1 N–H and O–H groups in total. The number of benzene rings is 1. The third-order valence-electron chi connectivity index (χ3n) is 2.27. The fraction of sp³-hybridized carbons (Fsp3) is 0.400. The number of hydrogen-bond acceptors (Lipinski definition) is 4. The van der Waals surface area contributed by atoms with E-state index < -0.39 is 23.8 Å². The average Bonchev–Trinajstić information content (AvgIpc) is 2.27. The Morgan fingerprint density at radius 1 is 1.35 bits per heavy atom. The monoisotopic (exact) mass is 278 g/mol. The Hall–Kier alpha value is -0.680. The summed E-state index contributed by atoms with van der Waals surface area (Å²) in [6.45, 7) is 3.14. The van der Waals surface area contributed by atoms with E-state index in [0.29, 0.717) is 5.56 Å². The van der Waals surface area contributed by atoms with Gasteiger partial charge in [-0.15, -0.1) is 0 Å². The summed E-state index contributed by atoms with van der Waals surface area (Å²) in [7, 11) is -7.47. The van der Waals surface area contributed by atoms with Crippen LogP contribution in [0.2, 0.25) is 0 Å². The van der Waals surface area contributed by atoms with Gasteiger partial charge in [-0.2, -0.15) is 8.42 Å². The molecule has 1 aromatic carbocycles. The van der Waals surface area contributed by atoms with Gasteiger partial charge in [0.25, 0.3) is 10.1 Å². The second-order valence-corrected chi connectivity index (χ2v) is 7.80. The highest BCUT2D eigenvalue weighted by Crippen LogP contribution is 2.40. The molecule has 0 heterocycles. The van der Waals surface area contributed by atoms with Crippen molar-refractivity contribution < 1.29 is 22.1 Å². The number of aryl methyl sites for hydroxylation is 1. The van der Waals surface area contributed by atoms with E-state index in [0.717, 1.165) is 0 Å². The molecular weight excluding hydrogens is 263 g/mol. The highest BCUT2D eigenvalue weighted by atomic mass is 32.2. The molecule has 0 amide bonds. The van der Waals surface area contributed by atoms with Gasteiger partial charge in [0.2, 0.25) is 7.37 Å². The second-order valence-electron chi connectivity index (χ2n) is 3.63. The molecule has 0 saturated carbocycles. The maximum atomic E-state index is 11.8. The van der Waals surface area contributed by atoms with Crippen molar-refractivity contribution in [3.63, 3.8) is 0 Å². The van der Waals surface area contributed by atoms with E-state index in [1.54, 1.807) is 25.1 Å². The first kappa shape index (κ1) is 14.4. The maximum Gasteiger partial charge on any atom is 0.297 e. The van der Waals surface area contributed by atoms with Crippen LogP contribution < -0.4 is 0 Å². The minimum Gasteiger partial charge on any atom is -0.343 e. The lowest BCUT2D eigenvalue weighted by Gasteiger charge is -2.11. The summed E-state index contributed by atoms with van der Waals surface area (Å²) in [6.07, 6.45) is -0.698. The third kappa shape index (κ3) is 3.92. The van der Waals surface area contributed by atoms with E-state index in [2.05, 4.69) is 4.18 Å².